The van der Waals surface area contributed by atoms with Crippen molar-refractivity contribution in [1.82, 2.24) is 5.32 Å². The first-order valence-electron chi connectivity index (χ1n) is 15.7. The van der Waals surface area contributed by atoms with Gasteiger partial charge in [0.25, 0.3) is 11.8 Å². The van der Waals surface area contributed by atoms with Gasteiger partial charge >= 0.3 is 5.97 Å². The molecule has 0 saturated carbocycles. The van der Waals surface area contributed by atoms with E-state index in [9.17, 15) is 19.5 Å². The lowest BCUT2D eigenvalue weighted by Gasteiger charge is -2.17. The smallest absolute Gasteiger partial charge is 0.326 e. The van der Waals surface area contributed by atoms with Gasteiger partial charge in [-0.1, -0.05) is 90.5 Å². The van der Waals surface area contributed by atoms with Crippen LogP contribution in [0.5, 0.6) is 23.0 Å². The van der Waals surface area contributed by atoms with Crippen LogP contribution in [0.2, 0.25) is 5.02 Å². The number of carboxylic acid groups (broad SMARTS) is 1. The monoisotopic (exact) mass is 682 g/mol. The summed E-state index contributed by atoms with van der Waals surface area (Å²) in [5, 5.41) is 15.6. The number of carboxylic acids is 1. The minimum absolute atomic E-state index is 0.0170. The number of ether oxygens (including phenoxy) is 2. The van der Waals surface area contributed by atoms with E-state index in [1.165, 1.54) is 18.2 Å². The molecule has 0 spiro atoms. The van der Waals surface area contributed by atoms with Crippen LogP contribution in [-0.4, -0.2) is 28.9 Å². The first kappa shape index (κ1) is 33.5. The minimum atomic E-state index is -1.26. The Morgan fingerprint density at radius 3 is 1.90 bits per heavy atom. The summed E-state index contributed by atoms with van der Waals surface area (Å²) in [4.78, 5) is 38.9. The Bertz CT molecular complexity index is 2100. The van der Waals surface area contributed by atoms with E-state index in [1.807, 2.05) is 109 Å². The van der Waals surface area contributed by atoms with Gasteiger partial charge in [0, 0.05) is 22.6 Å². The lowest BCUT2D eigenvalue weighted by atomic mass is 9.99. The normalized spacial score (nSPS) is 11.2. The van der Waals surface area contributed by atoms with Crippen molar-refractivity contribution in [2.45, 2.75) is 12.5 Å². The molecule has 0 unspecified atom stereocenters. The second-order valence-electron chi connectivity index (χ2n) is 11.3. The number of aliphatic carboxylic acids is 1. The van der Waals surface area contributed by atoms with Crippen LogP contribution in [0.4, 0.5) is 5.69 Å². The molecule has 0 saturated heterocycles. The van der Waals surface area contributed by atoms with Crippen molar-refractivity contribution in [3.63, 3.8) is 0 Å². The van der Waals surface area contributed by atoms with Crippen molar-refractivity contribution in [1.29, 1.82) is 0 Å². The number of anilines is 1. The van der Waals surface area contributed by atoms with Gasteiger partial charge in [-0.2, -0.15) is 0 Å². The van der Waals surface area contributed by atoms with E-state index in [1.54, 1.807) is 24.3 Å². The number of rotatable bonds is 12. The maximum Gasteiger partial charge on any atom is 0.326 e. The molecule has 0 aliphatic carbocycles. The highest BCUT2D eigenvalue weighted by atomic mass is 35.5. The maximum absolute atomic E-state index is 13.5. The molecule has 0 aliphatic rings. The summed E-state index contributed by atoms with van der Waals surface area (Å²) < 4.78 is 11.9. The first-order valence-corrected chi connectivity index (χ1v) is 16.1. The summed E-state index contributed by atoms with van der Waals surface area (Å²) in [6.07, 6.45) is 0.0170. The number of carbonyl (C=O) groups is 3. The first-order chi connectivity index (χ1) is 24.3. The van der Waals surface area contributed by atoms with Crippen molar-refractivity contribution in [2.24, 2.45) is 0 Å². The molecule has 248 valence electrons. The van der Waals surface area contributed by atoms with Gasteiger partial charge in [0.05, 0.1) is 11.3 Å². The van der Waals surface area contributed by atoms with Gasteiger partial charge in [-0.05, 0) is 83.9 Å². The lowest BCUT2D eigenvalue weighted by molar-refractivity contribution is -0.139. The van der Waals surface area contributed by atoms with E-state index in [0.29, 0.717) is 34.1 Å². The van der Waals surface area contributed by atoms with Crippen molar-refractivity contribution in [3.05, 3.63) is 173 Å². The van der Waals surface area contributed by atoms with Gasteiger partial charge in [0.15, 0.2) is 0 Å². The Balaban J connectivity index is 1.13. The highest BCUT2D eigenvalue weighted by Gasteiger charge is 2.24. The van der Waals surface area contributed by atoms with Crippen LogP contribution in [0.15, 0.2) is 152 Å². The number of hydrogen-bond acceptors (Lipinski definition) is 5. The van der Waals surface area contributed by atoms with Gasteiger partial charge < -0.3 is 25.2 Å². The third-order valence-corrected chi connectivity index (χ3v) is 7.97. The molecule has 0 aromatic heterocycles. The Morgan fingerprint density at radius 2 is 1.24 bits per heavy atom. The van der Waals surface area contributed by atoms with Crippen LogP contribution in [-0.2, 0) is 11.2 Å². The third kappa shape index (κ3) is 8.55. The standard InChI is InChI=1S/C41H31ClN2O6/c42-30-21-24-36(43-39(45)29-19-22-33(23-20-29)49-31-9-3-1-4-10-31)35(26-30)40(46)44-37(41(47)48)25-27-15-17-28(18-16-27)34-13-7-8-14-38(34)50-32-11-5-2-6-12-32/h1-24,26,37H,25H2,(H,43,45)(H,44,46)(H,47,48)/t37-/m0/s1. The van der Waals surface area contributed by atoms with Crippen LogP contribution in [0.3, 0.4) is 0 Å². The molecule has 6 aromatic carbocycles. The zero-order chi connectivity index (χ0) is 34.9. The van der Waals surface area contributed by atoms with Crippen LogP contribution >= 0.6 is 11.6 Å². The van der Waals surface area contributed by atoms with Crippen molar-refractivity contribution >= 4 is 35.1 Å². The predicted molar refractivity (Wildman–Crippen MR) is 193 cm³/mol. The fourth-order valence-corrected chi connectivity index (χ4v) is 5.38. The number of amides is 2. The Labute approximate surface area is 293 Å². The van der Waals surface area contributed by atoms with E-state index < -0.39 is 23.8 Å². The van der Waals surface area contributed by atoms with Crippen LogP contribution in [0.25, 0.3) is 11.1 Å². The molecule has 0 aliphatic heterocycles. The highest BCUT2D eigenvalue weighted by Crippen LogP contribution is 2.33. The largest absolute Gasteiger partial charge is 0.480 e. The fraction of sp³-hybridized carbons (Fsp3) is 0.0488. The molecular formula is C41H31ClN2O6. The Hall–Kier alpha value is -6.38. The number of para-hydroxylation sites is 3. The number of halogens is 1. The maximum atomic E-state index is 13.5. The Kier molecular flexibility index (Phi) is 10.5. The molecule has 3 N–H and O–H groups in total. The fourth-order valence-electron chi connectivity index (χ4n) is 5.21. The molecule has 0 fully saturated rings. The van der Waals surface area contributed by atoms with Gasteiger partial charge in [0.2, 0.25) is 0 Å². The molecule has 0 radical (unpaired) electrons. The zero-order valence-electron chi connectivity index (χ0n) is 26.6. The predicted octanol–water partition coefficient (Wildman–Crippen LogP) is 9.27. The second-order valence-corrected chi connectivity index (χ2v) is 11.7. The SMILES string of the molecule is O=C(Nc1ccc(Cl)cc1C(=O)N[C@@H](Cc1ccc(-c2ccccc2Oc2ccccc2)cc1)C(=O)O)c1ccc(Oc2ccccc2)cc1. The second kappa shape index (κ2) is 15.7. The molecule has 0 heterocycles. The molecule has 0 bridgehead atoms. The quantitative estimate of drug-likeness (QED) is 0.119. The molecule has 8 nitrogen and oxygen atoms in total. The van der Waals surface area contributed by atoms with Crippen molar-refractivity contribution < 1.29 is 29.0 Å². The summed E-state index contributed by atoms with van der Waals surface area (Å²) in [5.41, 5.74) is 2.97. The molecule has 9 heteroatoms. The van der Waals surface area contributed by atoms with Crippen LogP contribution in [0.1, 0.15) is 26.3 Å². The third-order valence-electron chi connectivity index (χ3n) is 7.74. The van der Waals surface area contributed by atoms with Crippen LogP contribution < -0.4 is 20.1 Å². The minimum Gasteiger partial charge on any atom is -0.480 e. The van der Waals surface area contributed by atoms with E-state index in [4.69, 9.17) is 21.1 Å². The molecule has 1 atom stereocenters. The number of carbonyl (C=O) groups excluding carboxylic acids is 2. The molecule has 50 heavy (non-hydrogen) atoms. The average molecular weight is 683 g/mol. The van der Waals surface area contributed by atoms with Crippen molar-refractivity contribution in [2.75, 3.05) is 5.32 Å². The van der Waals surface area contributed by atoms with E-state index in [2.05, 4.69) is 10.6 Å². The highest BCUT2D eigenvalue weighted by molar-refractivity contribution is 6.31. The Morgan fingerprint density at radius 1 is 0.640 bits per heavy atom. The van der Waals surface area contributed by atoms with Gasteiger partial charge in [-0.25, -0.2) is 4.79 Å². The molecule has 6 aromatic rings. The van der Waals surface area contributed by atoms with E-state index in [0.717, 1.165) is 11.1 Å². The lowest BCUT2D eigenvalue weighted by Crippen LogP contribution is -2.42. The molecule has 2 amide bonds. The summed E-state index contributed by atoms with van der Waals surface area (Å²) >= 11 is 6.22. The van der Waals surface area contributed by atoms with Gasteiger partial charge in [-0.15, -0.1) is 0 Å². The average Bonchev–Trinajstić information content (AvgIpc) is 3.14. The summed E-state index contributed by atoms with van der Waals surface area (Å²) in [7, 11) is 0. The zero-order valence-corrected chi connectivity index (χ0v) is 27.3. The van der Waals surface area contributed by atoms with E-state index >= 15 is 0 Å². The summed E-state index contributed by atoms with van der Waals surface area (Å²) in [5.74, 6) is 0.213. The number of hydrogen-bond donors (Lipinski definition) is 3. The molecule has 6 rings (SSSR count). The summed E-state index contributed by atoms with van der Waals surface area (Å²) in [6, 6.07) is 43.4. The van der Waals surface area contributed by atoms with E-state index in [-0.39, 0.29) is 22.7 Å². The number of nitrogens with one attached hydrogen (secondary N) is 2. The molecular weight excluding hydrogens is 652 g/mol. The topological polar surface area (TPSA) is 114 Å². The van der Waals surface area contributed by atoms with Crippen LogP contribution in [0, 0.1) is 0 Å². The van der Waals surface area contributed by atoms with Gasteiger partial charge in [-0.3, -0.25) is 9.59 Å². The van der Waals surface area contributed by atoms with Gasteiger partial charge in [0.1, 0.15) is 29.0 Å². The summed E-state index contributed by atoms with van der Waals surface area (Å²) in [6.45, 7) is 0. The number of benzene rings is 6. The van der Waals surface area contributed by atoms with Crippen molar-refractivity contribution in [3.8, 4) is 34.1 Å².